The first kappa shape index (κ1) is 16.7. The Morgan fingerprint density at radius 3 is 2.48 bits per heavy atom. The number of thiophene rings is 1. The molecule has 0 bridgehead atoms. The summed E-state index contributed by atoms with van der Waals surface area (Å²) in [4.78, 5) is 24.0. The maximum absolute atomic E-state index is 12.9. The van der Waals surface area contributed by atoms with Gasteiger partial charge in [-0.25, -0.2) is 9.18 Å². The van der Waals surface area contributed by atoms with Crippen molar-refractivity contribution in [1.82, 2.24) is 0 Å². The molecule has 8 heteroatoms. The van der Waals surface area contributed by atoms with E-state index in [2.05, 4.69) is 10.6 Å². The molecule has 3 amide bonds. The second-order valence-corrected chi connectivity index (χ2v) is 6.17. The van der Waals surface area contributed by atoms with E-state index >= 15 is 0 Å². The third-order valence-electron chi connectivity index (χ3n) is 3.47. The van der Waals surface area contributed by atoms with Crippen molar-refractivity contribution in [3.8, 4) is 5.75 Å². The molecule has 0 aliphatic heterocycles. The van der Waals surface area contributed by atoms with Crippen molar-refractivity contribution >= 4 is 44.0 Å². The number of halogens is 1. The number of nitrogens with one attached hydrogen (secondary N) is 2. The minimum Gasteiger partial charge on any atom is -0.497 e. The van der Waals surface area contributed by atoms with Gasteiger partial charge in [0.2, 0.25) is 0 Å². The lowest BCUT2D eigenvalue weighted by atomic mass is 10.1. The summed E-state index contributed by atoms with van der Waals surface area (Å²) in [7, 11) is 1.54. The predicted octanol–water partition coefficient (Wildman–Crippen LogP) is 3.79. The molecular formula is C17H14FN3O3S. The number of urea groups is 1. The quantitative estimate of drug-likeness (QED) is 0.661. The second kappa shape index (κ2) is 6.78. The zero-order valence-electron chi connectivity index (χ0n) is 13.1. The number of methoxy groups -OCH3 is 1. The van der Waals surface area contributed by atoms with Gasteiger partial charge in [-0.2, -0.15) is 0 Å². The SMILES string of the molecule is COc1ccc2c(C(N)=O)c(NC(=O)Nc3ccc(F)cc3)sc2c1. The molecule has 2 aromatic carbocycles. The third kappa shape index (κ3) is 3.53. The molecule has 6 nitrogen and oxygen atoms in total. The molecule has 0 unspecified atom stereocenters. The fraction of sp³-hybridized carbons (Fsp3) is 0.0588. The topological polar surface area (TPSA) is 93.4 Å². The molecule has 0 saturated heterocycles. The third-order valence-corrected chi connectivity index (χ3v) is 4.54. The lowest BCUT2D eigenvalue weighted by Crippen LogP contribution is -2.21. The van der Waals surface area contributed by atoms with Crippen LogP contribution in [0.2, 0.25) is 0 Å². The van der Waals surface area contributed by atoms with Crippen LogP contribution in [0.15, 0.2) is 42.5 Å². The van der Waals surface area contributed by atoms with E-state index in [1.165, 1.54) is 35.6 Å². The maximum atomic E-state index is 12.9. The van der Waals surface area contributed by atoms with Crippen LogP contribution in [-0.4, -0.2) is 19.0 Å². The number of rotatable bonds is 4. The van der Waals surface area contributed by atoms with Gasteiger partial charge in [0, 0.05) is 15.8 Å². The number of fused-ring (bicyclic) bond motifs is 1. The summed E-state index contributed by atoms with van der Waals surface area (Å²) in [6, 6.07) is 9.95. The Hall–Kier alpha value is -3.13. The number of primary amides is 1. The molecule has 25 heavy (non-hydrogen) atoms. The Morgan fingerprint density at radius 1 is 1.12 bits per heavy atom. The van der Waals surface area contributed by atoms with E-state index in [0.717, 1.165) is 4.70 Å². The Kier molecular flexibility index (Phi) is 4.53. The van der Waals surface area contributed by atoms with Crippen molar-refractivity contribution in [2.75, 3.05) is 17.7 Å². The Labute approximate surface area is 146 Å². The first-order valence-electron chi connectivity index (χ1n) is 7.22. The van der Waals surface area contributed by atoms with Crippen molar-refractivity contribution in [2.24, 2.45) is 5.73 Å². The van der Waals surface area contributed by atoms with E-state index in [4.69, 9.17) is 10.5 Å². The average Bonchev–Trinajstić information content (AvgIpc) is 2.93. The molecule has 0 aliphatic rings. The number of carbonyl (C=O) groups is 2. The summed E-state index contributed by atoms with van der Waals surface area (Å²) in [5.41, 5.74) is 6.12. The summed E-state index contributed by atoms with van der Waals surface area (Å²) in [6.45, 7) is 0. The molecule has 3 aromatic rings. The van der Waals surface area contributed by atoms with E-state index in [9.17, 15) is 14.0 Å². The smallest absolute Gasteiger partial charge is 0.324 e. The van der Waals surface area contributed by atoms with Crippen LogP contribution in [0.5, 0.6) is 5.75 Å². The molecule has 0 spiro atoms. The second-order valence-electron chi connectivity index (χ2n) is 5.12. The predicted molar refractivity (Wildman–Crippen MR) is 95.9 cm³/mol. The van der Waals surface area contributed by atoms with Crippen LogP contribution in [0, 0.1) is 5.82 Å². The maximum Gasteiger partial charge on any atom is 0.324 e. The minimum absolute atomic E-state index is 0.233. The number of hydrogen-bond acceptors (Lipinski definition) is 4. The Bertz CT molecular complexity index is 954. The van der Waals surface area contributed by atoms with E-state index < -0.39 is 17.8 Å². The largest absolute Gasteiger partial charge is 0.497 e. The number of carbonyl (C=O) groups excluding carboxylic acids is 2. The first-order chi connectivity index (χ1) is 12.0. The molecule has 0 atom stereocenters. The normalized spacial score (nSPS) is 10.5. The monoisotopic (exact) mass is 359 g/mol. The van der Waals surface area contributed by atoms with E-state index in [1.807, 2.05) is 0 Å². The Balaban J connectivity index is 1.89. The molecule has 3 rings (SSSR count). The van der Waals surface area contributed by atoms with Gasteiger partial charge in [0.25, 0.3) is 5.91 Å². The highest BCUT2D eigenvalue weighted by atomic mass is 32.1. The lowest BCUT2D eigenvalue weighted by Gasteiger charge is -2.07. The number of amides is 3. The van der Waals surface area contributed by atoms with Crippen molar-refractivity contribution in [3.05, 3.63) is 53.8 Å². The highest BCUT2D eigenvalue weighted by Gasteiger charge is 2.19. The van der Waals surface area contributed by atoms with Crippen molar-refractivity contribution in [1.29, 1.82) is 0 Å². The van der Waals surface area contributed by atoms with Gasteiger partial charge >= 0.3 is 6.03 Å². The molecular weight excluding hydrogens is 345 g/mol. The van der Waals surface area contributed by atoms with Crippen LogP contribution < -0.4 is 21.1 Å². The molecule has 1 aromatic heterocycles. The van der Waals surface area contributed by atoms with Crippen molar-refractivity contribution in [3.63, 3.8) is 0 Å². The molecule has 1 heterocycles. The van der Waals surface area contributed by atoms with Crippen LogP contribution in [0.4, 0.5) is 19.9 Å². The highest BCUT2D eigenvalue weighted by molar-refractivity contribution is 7.23. The summed E-state index contributed by atoms with van der Waals surface area (Å²) in [5.74, 6) is -0.416. The van der Waals surface area contributed by atoms with E-state index in [0.29, 0.717) is 21.8 Å². The molecule has 0 radical (unpaired) electrons. The van der Waals surface area contributed by atoms with Crippen LogP contribution in [0.25, 0.3) is 10.1 Å². The van der Waals surface area contributed by atoms with Crippen LogP contribution in [0.1, 0.15) is 10.4 Å². The lowest BCUT2D eigenvalue weighted by molar-refractivity contribution is 0.100. The van der Waals surface area contributed by atoms with Gasteiger partial charge in [-0.1, -0.05) is 0 Å². The van der Waals surface area contributed by atoms with Gasteiger partial charge in [0.05, 0.1) is 12.7 Å². The van der Waals surface area contributed by atoms with Gasteiger partial charge in [0.15, 0.2) is 0 Å². The minimum atomic E-state index is -0.645. The molecule has 0 saturated carbocycles. The standard InChI is InChI=1S/C17H14FN3O3S/c1-24-11-6-7-12-13(8-11)25-16(14(12)15(19)22)21-17(23)20-10-4-2-9(18)3-5-10/h2-8H,1H3,(H2,19,22)(H2,20,21,23). The van der Waals surface area contributed by atoms with Crippen molar-refractivity contribution in [2.45, 2.75) is 0 Å². The molecule has 4 N–H and O–H groups in total. The van der Waals surface area contributed by atoms with E-state index in [1.54, 1.807) is 25.3 Å². The van der Waals surface area contributed by atoms with Gasteiger partial charge < -0.3 is 15.8 Å². The van der Waals surface area contributed by atoms with Crippen LogP contribution in [0.3, 0.4) is 0 Å². The van der Waals surface area contributed by atoms with Gasteiger partial charge in [0.1, 0.15) is 16.6 Å². The fourth-order valence-corrected chi connectivity index (χ4v) is 3.47. The zero-order chi connectivity index (χ0) is 18.0. The van der Waals surface area contributed by atoms with Gasteiger partial charge in [-0.05, 0) is 42.5 Å². The summed E-state index contributed by atoms with van der Waals surface area (Å²) in [6.07, 6.45) is 0. The van der Waals surface area contributed by atoms with Gasteiger partial charge in [-0.15, -0.1) is 11.3 Å². The number of ether oxygens (including phenoxy) is 1. The molecule has 128 valence electrons. The fourth-order valence-electron chi connectivity index (χ4n) is 2.34. The van der Waals surface area contributed by atoms with Crippen LogP contribution in [-0.2, 0) is 0 Å². The first-order valence-corrected chi connectivity index (χ1v) is 8.03. The number of hydrogen-bond donors (Lipinski definition) is 3. The summed E-state index contributed by atoms with van der Waals surface area (Å²) >= 11 is 1.21. The molecule has 0 aliphatic carbocycles. The summed E-state index contributed by atoms with van der Waals surface area (Å²) < 4.78 is 18.8. The number of anilines is 2. The Morgan fingerprint density at radius 2 is 1.84 bits per heavy atom. The van der Waals surface area contributed by atoms with Gasteiger partial charge in [-0.3, -0.25) is 10.1 Å². The average molecular weight is 359 g/mol. The zero-order valence-corrected chi connectivity index (χ0v) is 13.9. The summed E-state index contributed by atoms with van der Waals surface area (Å²) in [5, 5.41) is 6.14. The number of benzene rings is 2. The highest BCUT2D eigenvalue weighted by Crippen LogP contribution is 2.37. The van der Waals surface area contributed by atoms with E-state index in [-0.39, 0.29) is 5.56 Å². The van der Waals surface area contributed by atoms with Crippen LogP contribution >= 0.6 is 11.3 Å². The number of nitrogens with two attached hydrogens (primary N) is 1. The molecule has 0 fully saturated rings. The van der Waals surface area contributed by atoms with Crippen molar-refractivity contribution < 1.29 is 18.7 Å².